The summed E-state index contributed by atoms with van der Waals surface area (Å²) in [7, 11) is 0. The van der Waals surface area contributed by atoms with Crippen molar-refractivity contribution in [1.82, 2.24) is 0 Å². The van der Waals surface area contributed by atoms with Gasteiger partial charge in [0.15, 0.2) is 0 Å². The summed E-state index contributed by atoms with van der Waals surface area (Å²) in [5.41, 5.74) is 0.112. The number of hydrogen-bond acceptors (Lipinski definition) is 4. The van der Waals surface area contributed by atoms with E-state index >= 15 is 0 Å². The number of rotatable bonds is 4. The average molecular weight is 290 g/mol. The second-order valence-electron chi connectivity index (χ2n) is 5.23. The molecule has 4 nitrogen and oxygen atoms in total. The fourth-order valence-electron chi connectivity index (χ4n) is 2.68. The van der Waals surface area contributed by atoms with Crippen LogP contribution in [0.15, 0.2) is 29.2 Å². The van der Waals surface area contributed by atoms with Gasteiger partial charge in [-0.05, 0) is 37.3 Å². The van der Waals surface area contributed by atoms with Gasteiger partial charge >= 0.3 is 0 Å². The molecule has 5 heteroatoms. The van der Waals surface area contributed by atoms with Gasteiger partial charge in [-0.15, -0.1) is 11.8 Å². The largest absolute Gasteiger partial charge is 0.269 e. The van der Waals surface area contributed by atoms with Crippen molar-refractivity contribution in [2.45, 2.75) is 42.8 Å². The quantitative estimate of drug-likeness (QED) is 0.608. The predicted octanol–water partition coefficient (Wildman–Crippen LogP) is 4.41. The number of benzene rings is 1. The third-order valence-electron chi connectivity index (χ3n) is 3.98. The molecule has 0 radical (unpaired) electrons. The number of thioether (sulfide) groups is 1. The van der Waals surface area contributed by atoms with Crippen LogP contribution < -0.4 is 0 Å². The highest BCUT2D eigenvalue weighted by Gasteiger charge is 2.30. The number of nitro groups is 1. The van der Waals surface area contributed by atoms with Crippen molar-refractivity contribution in [1.29, 1.82) is 5.26 Å². The lowest BCUT2D eigenvalue weighted by atomic mass is 9.81. The summed E-state index contributed by atoms with van der Waals surface area (Å²) in [5, 5.41) is 20.2. The topological polar surface area (TPSA) is 66.9 Å². The first-order valence-electron chi connectivity index (χ1n) is 6.94. The van der Waals surface area contributed by atoms with E-state index in [1.165, 1.54) is 12.1 Å². The molecule has 1 aliphatic carbocycles. The maximum absolute atomic E-state index is 10.6. The van der Waals surface area contributed by atoms with Crippen molar-refractivity contribution in [3.8, 4) is 6.07 Å². The lowest BCUT2D eigenvalue weighted by Crippen LogP contribution is -2.25. The number of nitriles is 1. The molecule has 1 aliphatic rings. The normalized spacial score (nSPS) is 25.9. The van der Waals surface area contributed by atoms with E-state index in [9.17, 15) is 15.4 Å². The zero-order valence-electron chi connectivity index (χ0n) is 11.5. The SMILES string of the molecule is CCC1CCC(C#N)C(Sc2ccc([N+](=O)[O-])cc2)C1. The molecule has 1 aromatic rings. The molecule has 0 amide bonds. The van der Waals surface area contributed by atoms with Crippen LogP contribution >= 0.6 is 11.8 Å². The Hall–Kier alpha value is -1.54. The molecule has 0 N–H and O–H groups in total. The number of hydrogen-bond donors (Lipinski definition) is 0. The molecule has 0 heterocycles. The lowest BCUT2D eigenvalue weighted by molar-refractivity contribution is -0.384. The molecular weight excluding hydrogens is 272 g/mol. The monoisotopic (exact) mass is 290 g/mol. The average Bonchev–Trinajstić information content (AvgIpc) is 2.47. The zero-order valence-corrected chi connectivity index (χ0v) is 12.3. The Morgan fingerprint density at radius 3 is 2.65 bits per heavy atom. The van der Waals surface area contributed by atoms with Crippen LogP contribution in [0.3, 0.4) is 0 Å². The van der Waals surface area contributed by atoms with E-state index in [0.717, 1.165) is 30.6 Å². The highest BCUT2D eigenvalue weighted by Crippen LogP contribution is 2.40. The Morgan fingerprint density at radius 2 is 2.10 bits per heavy atom. The van der Waals surface area contributed by atoms with E-state index in [1.54, 1.807) is 23.9 Å². The van der Waals surface area contributed by atoms with Crippen LogP contribution in [-0.4, -0.2) is 10.2 Å². The van der Waals surface area contributed by atoms with Crippen LogP contribution in [0, 0.1) is 33.3 Å². The maximum atomic E-state index is 10.6. The van der Waals surface area contributed by atoms with Crippen molar-refractivity contribution >= 4 is 17.4 Å². The Bertz CT molecular complexity index is 510. The van der Waals surface area contributed by atoms with E-state index < -0.39 is 0 Å². The molecule has 3 unspecified atom stereocenters. The van der Waals surface area contributed by atoms with Crippen LogP contribution in [0.1, 0.15) is 32.6 Å². The number of non-ortho nitro benzene ring substituents is 1. The predicted molar refractivity (Wildman–Crippen MR) is 79.5 cm³/mol. The minimum Gasteiger partial charge on any atom is -0.258 e. The van der Waals surface area contributed by atoms with E-state index in [4.69, 9.17) is 0 Å². The highest BCUT2D eigenvalue weighted by molar-refractivity contribution is 8.00. The Labute approximate surface area is 123 Å². The van der Waals surface area contributed by atoms with Gasteiger partial charge in [-0.2, -0.15) is 5.26 Å². The molecule has 20 heavy (non-hydrogen) atoms. The maximum Gasteiger partial charge on any atom is 0.269 e. The van der Waals surface area contributed by atoms with Gasteiger partial charge in [-0.1, -0.05) is 13.3 Å². The Kier molecular flexibility index (Phi) is 5.02. The molecule has 1 fully saturated rings. The highest BCUT2D eigenvalue weighted by atomic mass is 32.2. The number of nitro benzene ring substituents is 1. The van der Waals surface area contributed by atoms with Gasteiger partial charge in [0, 0.05) is 22.3 Å². The van der Waals surface area contributed by atoms with E-state index in [1.807, 2.05) is 0 Å². The van der Waals surface area contributed by atoms with Gasteiger partial charge in [0.05, 0.1) is 16.9 Å². The van der Waals surface area contributed by atoms with Crippen LogP contribution in [0.2, 0.25) is 0 Å². The van der Waals surface area contributed by atoms with Gasteiger partial charge in [0.1, 0.15) is 0 Å². The van der Waals surface area contributed by atoms with Crippen molar-refractivity contribution < 1.29 is 4.92 Å². The molecule has 0 saturated heterocycles. The third-order valence-corrected chi connectivity index (χ3v) is 5.35. The second-order valence-corrected chi connectivity index (χ2v) is 6.54. The third kappa shape index (κ3) is 3.51. The van der Waals surface area contributed by atoms with Crippen molar-refractivity contribution in [3.05, 3.63) is 34.4 Å². The summed E-state index contributed by atoms with van der Waals surface area (Å²) in [6.07, 6.45) is 4.34. The van der Waals surface area contributed by atoms with Gasteiger partial charge in [-0.3, -0.25) is 10.1 Å². The standard InChI is InChI=1S/C15H18N2O2S/c1-2-11-3-4-12(10-16)15(9-11)20-14-7-5-13(6-8-14)17(18)19/h5-8,11-12,15H,2-4,9H2,1H3. The van der Waals surface area contributed by atoms with Gasteiger partial charge in [0.2, 0.25) is 0 Å². The summed E-state index contributed by atoms with van der Waals surface area (Å²) in [4.78, 5) is 11.3. The zero-order chi connectivity index (χ0) is 14.5. The summed E-state index contributed by atoms with van der Waals surface area (Å²) in [5.74, 6) is 0.799. The second kappa shape index (κ2) is 6.76. The molecule has 0 aliphatic heterocycles. The van der Waals surface area contributed by atoms with Crippen LogP contribution in [0.4, 0.5) is 5.69 Å². The van der Waals surface area contributed by atoms with Gasteiger partial charge in [-0.25, -0.2) is 0 Å². The molecule has 0 aromatic heterocycles. The molecule has 2 rings (SSSR count). The molecule has 3 atom stereocenters. The molecule has 0 spiro atoms. The van der Waals surface area contributed by atoms with Gasteiger partial charge in [0.25, 0.3) is 5.69 Å². The molecule has 0 bridgehead atoms. The minimum absolute atomic E-state index is 0.0954. The fraction of sp³-hybridized carbons (Fsp3) is 0.533. The Morgan fingerprint density at radius 1 is 1.40 bits per heavy atom. The van der Waals surface area contributed by atoms with Crippen LogP contribution in [0.25, 0.3) is 0 Å². The first-order chi connectivity index (χ1) is 9.63. The van der Waals surface area contributed by atoms with Crippen LogP contribution in [-0.2, 0) is 0 Å². The smallest absolute Gasteiger partial charge is 0.258 e. The number of nitrogens with zero attached hydrogens (tertiary/aromatic N) is 2. The summed E-state index contributed by atoms with van der Waals surface area (Å²) < 4.78 is 0. The summed E-state index contributed by atoms with van der Waals surface area (Å²) >= 11 is 1.69. The summed E-state index contributed by atoms with van der Waals surface area (Å²) in [6.45, 7) is 2.20. The van der Waals surface area contributed by atoms with Crippen molar-refractivity contribution in [2.24, 2.45) is 11.8 Å². The minimum atomic E-state index is -0.389. The Balaban J connectivity index is 2.06. The van der Waals surface area contributed by atoms with Crippen molar-refractivity contribution in [2.75, 3.05) is 0 Å². The van der Waals surface area contributed by atoms with E-state index in [2.05, 4.69) is 13.0 Å². The molecular formula is C15H18N2O2S. The van der Waals surface area contributed by atoms with Gasteiger partial charge < -0.3 is 0 Å². The molecule has 1 saturated carbocycles. The first-order valence-corrected chi connectivity index (χ1v) is 7.82. The van der Waals surface area contributed by atoms with E-state index in [0.29, 0.717) is 11.2 Å². The molecule has 106 valence electrons. The van der Waals surface area contributed by atoms with Crippen LogP contribution in [0.5, 0.6) is 0 Å². The molecule has 1 aromatic carbocycles. The first kappa shape index (κ1) is 14.9. The summed E-state index contributed by atoms with van der Waals surface area (Å²) in [6, 6.07) is 9.05. The lowest BCUT2D eigenvalue weighted by Gasteiger charge is -2.31. The van der Waals surface area contributed by atoms with E-state index in [-0.39, 0.29) is 16.5 Å². The van der Waals surface area contributed by atoms with Crippen molar-refractivity contribution in [3.63, 3.8) is 0 Å². The fourth-order valence-corrected chi connectivity index (χ4v) is 4.05.